The molecular formula is C26H30N4O. The van der Waals surface area contributed by atoms with Crippen LogP contribution in [0.15, 0.2) is 48.5 Å². The fourth-order valence-electron chi connectivity index (χ4n) is 5.06. The van der Waals surface area contributed by atoms with E-state index in [-0.39, 0.29) is 5.91 Å². The fraction of sp³-hybridized carbons (Fsp3) is 0.423. The molecule has 0 saturated carbocycles. The van der Waals surface area contributed by atoms with Gasteiger partial charge in [0.2, 0.25) is 0 Å². The van der Waals surface area contributed by atoms with Gasteiger partial charge in [0, 0.05) is 30.1 Å². The Morgan fingerprint density at radius 1 is 0.871 bits per heavy atom. The summed E-state index contributed by atoms with van der Waals surface area (Å²) in [6, 6.07) is 16.7. The average Bonchev–Trinajstić information content (AvgIpc) is 2.84. The van der Waals surface area contributed by atoms with E-state index in [0.29, 0.717) is 17.3 Å². The van der Waals surface area contributed by atoms with Gasteiger partial charge in [0.05, 0.1) is 11.1 Å². The zero-order chi connectivity index (χ0) is 21.2. The Kier molecular flexibility index (Phi) is 5.68. The van der Waals surface area contributed by atoms with Crippen LogP contribution in [0.1, 0.15) is 48.0 Å². The molecule has 5 nitrogen and oxygen atoms in total. The molecule has 0 spiro atoms. The molecule has 1 amide bonds. The number of nitrogens with zero attached hydrogens (tertiary/aromatic N) is 4. The van der Waals surface area contributed by atoms with Crippen molar-refractivity contribution in [3.63, 3.8) is 0 Å². The average molecular weight is 415 g/mol. The number of carbonyl (C=O) groups excluding carboxylic acids is 1. The summed E-state index contributed by atoms with van der Waals surface area (Å²) >= 11 is 0. The number of likely N-dealkylation sites (tertiary alicyclic amines) is 2. The molecule has 2 aliphatic heterocycles. The normalized spacial score (nSPS) is 18.4. The summed E-state index contributed by atoms with van der Waals surface area (Å²) in [6.45, 7) is 6.12. The minimum atomic E-state index is 0.0822. The molecule has 31 heavy (non-hydrogen) atoms. The lowest BCUT2D eigenvalue weighted by atomic mass is 9.97. The highest BCUT2D eigenvalue weighted by Crippen LogP contribution is 2.30. The minimum Gasteiger partial charge on any atom is -0.338 e. The van der Waals surface area contributed by atoms with E-state index >= 15 is 0 Å². The van der Waals surface area contributed by atoms with Crippen molar-refractivity contribution in [1.82, 2.24) is 20.0 Å². The Morgan fingerprint density at radius 3 is 2.32 bits per heavy atom. The number of fused-ring (bicyclic) bond motifs is 1. The van der Waals surface area contributed by atoms with Gasteiger partial charge in [0.25, 0.3) is 5.91 Å². The number of piperidine rings is 2. The van der Waals surface area contributed by atoms with Crippen LogP contribution in [0.2, 0.25) is 0 Å². The van der Waals surface area contributed by atoms with Crippen LogP contribution in [-0.4, -0.2) is 58.1 Å². The van der Waals surface area contributed by atoms with E-state index in [4.69, 9.17) is 0 Å². The minimum absolute atomic E-state index is 0.0822. The SMILES string of the molecule is Cc1ccc(-c2nnc3ccccc3c2C(=O)N2CCC(N3CCCCC3)CC2)cc1. The summed E-state index contributed by atoms with van der Waals surface area (Å²) in [5.74, 6) is 0.0822. The number of benzene rings is 2. The van der Waals surface area contributed by atoms with Crippen molar-refractivity contribution in [2.45, 2.75) is 45.1 Å². The van der Waals surface area contributed by atoms with Crippen molar-refractivity contribution in [1.29, 1.82) is 0 Å². The zero-order valence-corrected chi connectivity index (χ0v) is 18.3. The van der Waals surface area contributed by atoms with Crippen molar-refractivity contribution in [3.05, 3.63) is 59.7 Å². The first kappa shape index (κ1) is 20.1. The van der Waals surface area contributed by atoms with E-state index in [2.05, 4.69) is 34.2 Å². The predicted molar refractivity (Wildman–Crippen MR) is 124 cm³/mol. The van der Waals surface area contributed by atoms with Gasteiger partial charge >= 0.3 is 0 Å². The number of hydrogen-bond donors (Lipinski definition) is 0. The zero-order valence-electron chi connectivity index (χ0n) is 18.3. The maximum Gasteiger partial charge on any atom is 0.256 e. The van der Waals surface area contributed by atoms with Crippen LogP contribution in [0.5, 0.6) is 0 Å². The number of amides is 1. The molecule has 5 rings (SSSR count). The number of rotatable bonds is 3. The molecule has 2 aromatic carbocycles. The largest absolute Gasteiger partial charge is 0.338 e. The summed E-state index contributed by atoms with van der Waals surface area (Å²) < 4.78 is 0. The molecule has 1 aromatic heterocycles. The van der Waals surface area contributed by atoms with Crippen LogP contribution >= 0.6 is 0 Å². The smallest absolute Gasteiger partial charge is 0.256 e. The molecule has 0 atom stereocenters. The van der Waals surface area contributed by atoms with Gasteiger partial charge in [-0.2, -0.15) is 0 Å². The van der Waals surface area contributed by atoms with Gasteiger partial charge in [-0.15, -0.1) is 10.2 Å². The maximum absolute atomic E-state index is 13.8. The van der Waals surface area contributed by atoms with Gasteiger partial charge < -0.3 is 9.80 Å². The van der Waals surface area contributed by atoms with Crippen molar-refractivity contribution in [3.8, 4) is 11.3 Å². The van der Waals surface area contributed by atoms with Crippen LogP contribution < -0.4 is 0 Å². The number of hydrogen-bond acceptors (Lipinski definition) is 4. The standard InChI is InChI=1S/C26H30N4O/c1-19-9-11-20(12-10-19)25-24(22-7-3-4-8-23(22)27-28-25)26(31)30-17-13-21(14-18-30)29-15-5-2-6-16-29/h3-4,7-12,21H,2,5-6,13-18H2,1H3. The molecule has 3 heterocycles. The third-order valence-corrected chi connectivity index (χ3v) is 6.87. The molecular weight excluding hydrogens is 384 g/mol. The van der Waals surface area contributed by atoms with Crippen LogP contribution in [0, 0.1) is 6.92 Å². The lowest BCUT2D eigenvalue weighted by Gasteiger charge is -2.40. The Morgan fingerprint density at radius 2 is 1.58 bits per heavy atom. The van der Waals surface area contributed by atoms with Gasteiger partial charge in [-0.05, 0) is 51.8 Å². The molecule has 0 aliphatic carbocycles. The predicted octanol–water partition coefficient (Wildman–Crippen LogP) is 4.70. The van der Waals surface area contributed by atoms with Crippen LogP contribution in [0.4, 0.5) is 0 Å². The molecule has 2 saturated heterocycles. The highest BCUT2D eigenvalue weighted by atomic mass is 16.2. The second-order valence-corrected chi connectivity index (χ2v) is 8.93. The third-order valence-electron chi connectivity index (χ3n) is 6.87. The molecule has 0 unspecified atom stereocenters. The topological polar surface area (TPSA) is 49.3 Å². The molecule has 5 heteroatoms. The van der Waals surface area contributed by atoms with Crippen LogP contribution in [0.25, 0.3) is 22.2 Å². The second kappa shape index (κ2) is 8.75. The Balaban J connectivity index is 1.45. The molecule has 0 bridgehead atoms. The molecule has 2 aliphatic rings. The molecule has 2 fully saturated rings. The van der Waals surface area contributed by atoms with Crippen molar-refractivity contribution < 1.29 is 4.79 Å². The van der Waals surface area contributed by atoms with E-state index in [9.17, 15) is 4.79 Å². The lowest BCUT2D eigenvalue weighted by molar-refractivity contribution is 0.0592. The first-order valence-corrected chi connectivity index (χ1v) is 11.6. The molecule has 3 aromatic rings. The molecule has 160 valence electrons. The summed E-state index contributed by atoms with van der Waals surface area (Å²) in [6.07, 6.45) is 6.10. The number of aryl methyl sites for hydroxylation is 1. The van der Waals surface area contributed by atoms with Crippen molar-refractivity contribution in [2.24, 2.45) is 0 Å². The second-order valence-electron chi connectivity index (χ2n) is 8.93. The highest BCUT2D eigenvalue weighted by molar-refractivity contribution is 6.10. The number of carbonyl (C=O) groups is 1. The van der Waals surface area contributed by atoms with Crippen molar-refractivity contribution >= 4 is 16.8 Å². The summed E-state index contributed by atoms with van der Waals surface area (Å²) in [5, 5.41) is 9.80. The Hall–Kier alpha value is -2.79. The Bertz CT molecular complexity index is 1060. The third kappa shape index (κ3) is 4.07. The van der Waals surface area contributed by atoms with Gasteiger partial charge in [0.1, 0.15) is 5.69 Å². The first-order chi connectivity index (χ1) is 15.2. The van der Waals surface area contributed by atoms with E-state index in [1.165, 1.54) is 37.9 Å². The summed E-state index contributed by atoms with van der Waals surface area (Å²) in [7, 11) is 0. The van der Waals surface area contributed by atoms with Crippen LogP contribution in [0.3, 0.4) is 0 Å². The monoisotopic (exact) mass is 414 g/mol. The fourth-order valence-corrected chi connectivity index (χ4v) is 5.06. The van der Waals surface area contributed by atoms with Gasteiger partial charge in [0.15, 0.2) is 0 Å². The summed E-state index contributed by atoms with van der Waals surface area (Å²) in [4.78, 5) is 18.5. The maximum atomic E-state index is 13.8. The van der Waals surface area contributed by atoms with E-state index < -0.39 is 0 Å². The first-order valence-electron chi connectivity index (χ1n) is 11.6. The molecule has 0 radical (unpaired) electrons. The van der Waals surface area contributed by atoms with Crippen molar-refractivity contribution in [2.75, 3.05) is 26.2 Å². The van der Waals surface area contributed by atoms with Crippen LogP contribution in [-0.2, 0) is 0 Å². The van der Waals surface area contributed by atoms with E-state index in [1.807, 2.05) is 41.3 Å². The van der Waals surface area contributed by atoms with Gasteiger partial charge in [-0.25, -0.2) is 0 Å². The molecule has 0 N–H and O–H groups in total. The lowest BCUT2D eigenvalue weighted by Crippen LogP contribution is -2.48. The van der Waals surface area contributed by atoms with Gasteiger partial charge in [-0.1, -0.05) is 54.4 Å². The number of aromatic nitrogens is 2. The van der Waals surface area contributed by atoms with E-state index in [1.54, 1.807) is 0 Å². The quantitative estimate of drug-likeness (QED) is 0.624. The van der Waals surface area contributed by atoms with Gasteiger partial charge in [-0.3, -0.25) is 4.79 Å². The van der Waals surface area contributed by atoms with E-state index in [0.717, 1.165) is 42.4 Å². The Labute approximate surface area is 184 Å². The summed E-state index contributed by atoms with van der Waals surface area (Å²) in [5.41, 5.74) is 4.26. The highest BCUT2D eigenvalue weighted by Gasteiger charge is 2.30.